The number of rotatable bonds is 5. The minimum atomic E-state index is -0.989. The van der Waals surface area contributed by atoms with Gasteiger partial charge < -0.3 is 19.7 Å². The quantitative estimate of drug-likeness (QED) is 0.862. The van der Waals surface area contributed by atoms with Gasteiger partial charge in [-0.05, 0) is 38.1 Å². The van der Waals surface area contributed by atoms with E-state index in [2.05, 4.69) is 15.5 Å². The number of hydrogen-bond donors (Lipinski definition) is 2. The molecule has 112 valence electrons. The number of aromatic nitrogens is 2. The smallest absolute Gasteiger partial charge is 0.258 e. The predicted molar refractivity (Wildman–Crippen MR) is 75.9 cm³/mol. The van der Waals surface area contributed by atoms with Crippen LogP contribution in [0.4, 0.5) is 0 Å². The zero-order chi connectivity index (χ0) is 14.5. The van der Waals surface area contributed by atoms with Gasteiger partial charge in [-0.25, -0.2) is 0 Å². The van der Waals surface area contributed by atoms with E-state index in [1.807, 2.05) is 30.3 Å². The summed E-state index contributed by atoms with van der Waals surface area (Å²) in [6, 6.07) is 9.60. The highest BCUT2D eigenvalue weighted by molar-refractivity contribution is 5.20. The Morgan fingerprint density at radius 3 is 2.76 bits per heavy atom. The number of nitrogens with zero attached hydrogens (tertiary/aromatic N) is 2. The SMILES string of the molecule is OC1(c2nc(CCOc3ccccc3)no2)CCNCC1. The molecular weight excluding hydrogens is 270 g/mol. The molecule has 6 nitrogen and oxygen atoms in total. The van der Waals surface area contributed by atoms with Gasteiger partial charge >= 0.3 is 0 Å². The third-order valence-corrected chi connectivity index (χ3v) is 3.63. The lowest BCUT2D eigenvalue weighted by Gasteiger charge is -2.28. The fourth-order valence-corrected chi connectivity index (χ4v) is 2.38. The molecule has 1 saturated heterocycles. The van der Waals surface area contributed by atoms with E-state index in [4.69, 9.17) is 9.26 Å². The van der Waals surface area contributed by atoms with Gasteiger partial charge in [0, 0.05) is 6.42 Å². The average molecular weight is 289 g/mol. The molecule has 1 aromatic heterocycles. The molecule has 1 aliphatic heterocycles. The van der Waals surface area contributed by atoms with Crippen LogP contribution in [0.5, 0.6) is 5.75 Å². The van der Waals surface area contributed by atoms with Crippen molar-refractivity contribution in [2.45, 2.75) is 24.9 Å². The summed E-state index contributed by atoms with van der Waals surface area (Å²) in [6.07, 6.45) is 1.73. The van der Waals surface area contributed by atoms with Crippen LogP contribution in [0.15, 0.2) is 34.9 Å². The van der Waals surface area contributed by atoms with Gasteiger partial charge in [0.1, 0.15) is 11.4 Å². The van der Waals surface area contributed by atoms with E-state index in [9.17, 15) is 5.11 Å². The first-order chi connectivity index (χ1) is 10.3. The van der Waals surface area contributed by atoms with E-state index < -0.39 is 5.60 Å². The molecule has 2 aromatic rings. The van der Waals surface area contributed by atoms with Crippen molar-refractivity contribution in [3.8, 4) is 5.75 Å². The molecule has 1 aromatic carbocycles. The van der Waals surface area contributed by atoms with Crippen molar-refractivity contribution in [1.82, 2.24) is 15.5 Å². The van der Waals surface area contributed by atoms with Crippen LogP contribution >= 0.6 is 0 Å². The molecule has 2 N–H and O–H groups in total. The Labute approximate surface area is 123 Å². The van der Waals surface area contributed by atoms with Gasteiger partial charge in [0.15, 0.2) is 5.82 Å². The van der Waals surface area contributed by atoms with Gasteiger partial charge in [-0.15, -0.1) is 0 Å². The molecule has 0 amide bonds. The van der Waals surface area contributed by atoms with Gasteiger partial charge in [0.05, 0.1) is 6.61 Å². The average Bonchev–Trinajstić information content (AvgIpc) is 2.99. The molecular formula is C15H19N3O3. The van der Waals surface area contributed by atoms with Gasteiger partial charge in [-0.2, -0.15) is 4.98 Å². The fraction of sp³-hybridized carbons (Fsp3) is 0.467. The first-order valence-electron chi connectivity index (χ1n) is 7.20. The van der Waals surface area contributed by atoms with Gasteiger partial charge in [0.25, 0.3) is 5.89 Å². The van der Waals surface area contributed by atoms with Crippen molar-refractivity contribution < 1.29 is 14.4 Å². The minimum Gasteiger partial charge on any atom is -0.493 e. The van der Waals surface area contributed by atoms with Gasteiger partial charge in [-0.1, -0.05) is 23.4 Å². The maximum Gasteiger partial charge on any atom is 0.258 e. The van der Waals surface area contributed by atoms with E-state index >= 15 is 0 Å². The molecule has 0 unspecified atom stereocenters. The Hall–Kier alpha value is -1.92. The number of aliphatic hydroxyl groups is 1. The van der Waals surface area contributed by atoms with E-state index in [1.54, 1.807) is 0 Å². The summed E-state index contributed by atoms with van der Waals surface area (Å²) in [5.74, 6) is 1.70. The van der Waals surface area contributed by atoms with Crippen molar-refractivity contribution in [2.75, 3.05) is 19.7 Å². The Morgan fingerprint density at radius 2 is 2.00 bits per heavy atom. The summed E-state index contributed by atoms with van der Waals surface area (Å²) in [7, 11) is 0. The molecule has 1 aliphatic rings. The lowest BCUT2D eigenvalue weighted by atomic mass is 9.92. The third-order valence-electron chi connectivity index (χ3n) is 3.63. The molecule has 0 atom stereocenters. The Balaban J connectivity index is 1.55. The summed E-state index contributed by atoms with van der Waals surface area (Å²) >= 11 is 0. The summed E-state index contributed by atoms with van der Waals surface area (Å²) in [5.41, 5.74) is -0.989. The number of para-hydroxylation sites is 1. The maximum absolute atomic E-state index is 10.5. The van der Waals surface area contributed by atoms with Crippen LogP contribution in [0.1, 0.15) is 24.6 Å². The summed E-state index contributed by atoms with van der Waals surface area (Å²) in [5, 5.41) is 17.6. The zero-order valence-electron chi connectivity index (χ0n) is 11.8. The predicted octanol–water partition coefficient (Wildman–Crippen LogP) is 1.26. The highest BCUT2D eigenvalue weighted by atomic mass is 16.5. The van der Waals surface area contributed by atoms with Crippen molar-refractivity contribution in [2.24, 2.45) is 0 Å². The van der Waals surface area contributed by atoms with Crippen LogP contribution in [0.2, 0.25) is 0 Å². The monoisotopic (exact) mass is 289 g/mol. The second kappa shape index (κ2) is 6.24. The molecule has 0 aliphatic carbocycles. The standard InChI is InChI=1S/C15H19N3O3/c19-15(7-9-16-10-8-15)14-17-13(18-21-14)6-11-20-12-4-2-1-3-5-12/h1-5,16,19H,6-11H2. The molecule has 21 heavy (non-hydrogen) atoms. The van der Waals surface area contributed by atoms with Crippen LogP contribution < -0.4 is 10.1 Å². The minimum absolute atomic E-state index is 0.318. The van der Waals surface area contributed by atoms with E-state index in [0.717, 1.165) is 18.8 Å². The Kier molecular flexibility index (Phi) is 4.17. The first-order valence-corrected chi connectivity index (χ1v) is 7.20. The molecule has 0 radical (unpaired) electrons. The first kappa shape index (κ1) is 14.0. The highest BCUT2D eigenvalue weighted by Gasteiger charge is 2.36. The second-order valence-corrected chi connectivity index (χ2v) is 5.21. The number of nitrogens with one attached hydrogen (secondary N) is 1. The highest BCUT2D eigenvalue weighted by Crippen LogP contribution is 2.28. The van der Waals surface area contributed by atoms with Crippen LogP contribution in [0.25, 0.3) is 0 Å². The number of benzene rings is 1. The van der Waals surface area contributed by atoms with Crippen molar-refractivity contribution in [1.29, 1.82) is 0 Å². The Morgan fingerprint density at radius 1 is 1.24 bits per heavy atom. The number of ether oxygens (including phenoxy) is 1. The molecule has 6 heteroatoms. The van der Waals surface area contributed by atoms with E-state index in [-0.39, 0.29) is 0 Å². The van der Waals surface area contributed by atoms with E-state index in [0.29, 0.717) is 37.6 Å². The van der Waals surface area contributed by atoms with Crippen molar-refractivity contribution >= 4 is 0 Å². The molecule has 0 saturated carbocycles. The largest absolute Gasteiger partial charge is 0.493 e. The molecule has 2 heterocycles. The van der Waals surface area contributed by atoms with Crippen LogP contribution in [0, 0.1) is 0 Å². The van der Waals surface area contributed by atoms with E-state index in [1.165, 1.54) is 0 Å². The summed E-state index contributed by atoms with van der Waals surface area (Å²) < 4.78 is 10.8. The van der Waals surface area contributed by atoms with Crippen molar-refractivity contribution in [3.63, 3.8) is 0 Å². The number of hydrogen-bond acceptors (Lipinski definition) is 6. The maximum atomic E-state index is 10.5. The summed E-state index contributed by atoms with van der Waals surface area (Å²) in [6.45, 7) is 1.99. The molecule has 0 spiro atoms. The molecule has 0 bridgehead atoms. The van der Waals surface area contributed by atoms with Gasteiger partial charge in [0.2, 0.25) is 0 Å². The Bertz CT molecular complexity index is 565. The molecule has 3 rings (SSSR count). The third kappa shape index (κ3) is 3.40. The number of piperidine rings is 1. The zero-order valence-corrected chi connectivity index (χ0v) is 11.8. The fourth-order valence-electron chi connectivity index (χ4n) is 2.38. The summed E-state index contributed by atoms with van der Waals surface area (Å²) in [4.78, 5) is 4.30. The van der Waals surface area contributed by atoms with Crippen molar-refractivity contribution in [3.05, 3.63) is 42.0 Å². The van der Waals surface area contributed by atoms with Crippen LogP contribution in [-0.4, -0.2) is 34.9 Å². The normalized spacial score (nSPS) is 17.6. The van der Waals surface area contributed by atoms with Crippen LogP contribution in [0.3, 0.4) is 0 Å². The van der Waals surface area contributed by atoms with Gasteiger partial charge in [-0.3, -0.25) is 0 Å². The van der Waals surface area contributed by atoms with Crippen LogP contribution in [-0.2, 0) is 12.0 Å². The topological polar surface area (TPSA) is 80.4 Å². The molecule has 1 fully saturated rings. The lowest BCUT2D eigenvalue weighted by Crippen LogP contribution is -2.39. The second-order valence-electron chi connectivity index (χ2n) is 5.21. The lowest BCUT2D eigenvalue weighted by molar-refractivity contribution is -0.0228.